The highest BCUT2D eigenvalue weighted by atomic mass is 16.6. The molecule has 0 aliphatic carbocycles. The number of likely N-dealkylation sites (tertiary alicyclic amines) is 1. The van der Waals surface area contributed by atoms with Gasteiger partial charge in [0.15, 0.2) is 0 Å². The maximum Gasteiger partial charge on any atom is 0.410 e. The molecule has 0 radical (unpaired) electrons. The van der Waals surface area contributed by atoms with E-state index in [9.17, 15) is 4.79 Å². The van der Waals surface area contributed by atoms with Gasteiger partial charge in [0, 0.05) is 25.4 Å². The minimum absolute atomic E-state index is 0.108. The lowest BCUT2D eigenvalue weighted by Crippen LogP contribution is -2.39. The van der Waals surface area contributed by atoms with Crippen LogP contribution in [0.2, 0.25) is 0 Å². The fraction of sp³-hybridized carbons (Fsp3) is 0.368. The molecule has 6 heteroatoms. The number of hydrogen-bond donors (Lipinski definition) is 1. The van der Waals surface area contributed by atoms with E-state index in [-0.39, 0.29) is 12.1 Å². The van der Waals surface area contributed by atoms with Crippen LogP contribution in [0.25, 0.3) is 0 Å². The van der Waals surface area contributed by atoms with Crippen molar-refractivity contribution in [2.24, 2.45) is 0 Å². The number of carbonyl (C=O) groups is 1. The summed E-state index contributed by atoms with van der Waals surface area (Å²) in [5, 5.41) is 3.28. The average molecular weight is 341 g/mol. The van der Waals surface area contributed by atoms with Gasteiger partial charge in [0.2, 0.25) is 0 Å². The van der Waals surface area contributed by atoms with E-state index in [4.69, 9.17) is 9.47 Å². The fourth-order valence-electron chi connectivity index (χ4n) is 2.95. The molecule has 0 bridgehead atoms. The average Bonchev–Trinajstić information content (AvgIpc) is 3.14. The molecule has 1 aromatic carbocycles. The van der Waals surface area contributed by atoms with Crippen molar-refractivity contribution in [2.45, 2.75) is 25.5 Å². The summed E-state index contributed by atoms with van der Waals surface area (Å²) in [6.07, 6.45) is 3.38. The number of aromatic nitrogens is 1. The maximum atomic E-state index is 12.4. The number of methoxy groups -OCH3 is 1. The first kappa shape index (κ1) is 17.1. The van der Waals surface area contributed by atoms with E-state index >= 15 is 0 Å². The maximum absolute atomic E-state index is 12.4. The van der Waals surface area contributed by atoms with Crippen LogP contribution in [0.4, 0.5) is 10.6 Å². The second kappa shape index (κ2) is 8.37. The summed E-state index contributed by atoms with van der Waals surface area (Å²) in [6, 6.07) is 13.5. The predicted octanol–water partition coefficient (Wildman–Crippen LogP) is 3.30. The molecule has 1 aromatic heterocycles. The quantitative estimate of drug-likeness (QED) is 0.873. The number of carbonyl (C=O) groups excluding carboxylic acids is 1. The van der Waals surface area contributed by atoms with Gasteiger partial charge >= 0.3 is 6.09 Å². The highest BCUT2D eigenvalue weighted by Crippen LogP contribution is 2.20. The van der Waals surface area contributed by atoms with Crippen LogP contribution in [0.15, 0.2) is 48.7 Å². The Hall–Kier alpha value is -2.76. The lowest BCUT2D eigenvalue weighted by Gasteiger charge is -2.24. The third-order valence-corrected chi connectivity index (χ3v) is 4.30. The Labute approximate surface area is 147 Å². The van der Waals surface area contributed by atoms with E-state index in [2.05, 4.69) is 10.3 Å². The zero-order valence-corrected chi connectivity index (χ0v) is 14.4. The Balaban J connectivity index is 1.52. The Kier molecular flexibility index (Phi) is 5.72. The summed E-state index contributed by atoms with van der Waals surface area (Å²) >= 11 is 0. The fourth-order valence-corrected chi connectivity index (χ4v) is 2.95. The largest absolute Gasteiger partial charge is 0.497 e. The first-order chi connectivity index (χ1) is 12.3. The van der Waals surface area contributed by atoms with Gasteiger partial charge in [-0.1, -0.05) is 30.3 Å². The minimum atomic E-state index is -0.258. The molecular weight excluding hydrogens is 318 g/mol. The third-order valence-electron chi connectivity index (χ3n) is 4.30. The number of benzene rings is 1. The van der Waals surface area contributed by atoms with Gasteiger partial charge in [-0.15, -0.1) is 0 Å². The molecule has 1 saturated heterocycles. The van der Waals surface area contributed by atoms with Crippen LogP contribution < -0.4 is 10.1 Å². The summed E-state index contributed by atoms with van der Waals surface area (Å²) < 4.78 is 10.6. The SMILES string of the molecule is COc1ccnc(NCC2CCCN2C(=O)OCc2ccccc2)c1. The highest BCUT2D eigenvalue weighted by Gasteiger charge is 2.29. The zero-order valence-electron chi connectivity index (χ0n) is 14.4. The molecule has 2 heterocycles. The molecule has 2 aromatic rings. The molecule has 0 saturated carbocycles. The number of anilines is 1. The molecule has 1 atom stereocenters. The molecule has 6 nitrogen and oxygen atoms in total. The summed E-state index contributed by atoms with van der Waals surface area (Å²) in [5.41, 5.74) is 0.991. The van der Waals surface area contributed by atoms with Gasteiger partial charge in [0.05, 0.1) is 13.2 Å². The van der Waals surface area contributed by atoms with E-state index in [1.165, 1.54) is 0 Å². The number of rotatable bonds is 6. The summed E-state index contributed by atoms with van der Waals surface area (Å²) in [4.78, 5) is 18.5. The van der Waals surface area contributed by atoms with Crippen molar-refractivity contribution in [3.8, 4) is 5.75 Å². The van der Waals surface area contributed by atoms with Crippen LogP contribution >= 0.6 is 0 Å². The van der Waals surface area contributed by atoms with Crippen molar-refractivity contribution in [3.05, 3.63) is 54.2 Å². The van der Waals surface area contributed by atoms with E-state index in [0.717, 1.165) is 36.5 Å². The van der Waals surface area contributed by atoms with Crippen LogP contribution in [0, 0.1) is 0 Å². The number of ether oxygens (including phenoxy) is 2. The van der Waals surface area contributed by atoms with Crippen molar-refractivity contribution < 1.29 is 14.3 Å². The van der Waals surface area contributed by atoms with Crippen molar-refractivity contribution in [3.63, 3.8) is 0 Å². The molecule has 1 N–H and O–H groups in total. The second-order valence-corrected chi connectivity index (χ2v) is 5.99. The summed E-state index contributed by atoms with van der Waals surface area (Å²) in [6.45, 7) is 1.67. The van der Waals surface area contributed by atoms with Gasteiger partial charge < -0.3 is 19.7 Å². The summed E-state index contributed by atoms with van der Waals surface area (Å²) in [5.74, 6) is 1.49. The summed E-state index contributed by atoms with van der Waals surface area (Å²) in [7, 11) is 1.63. The highest BCUT2D eigenvalue weighted by molar-refractivity contribution is 5.68. The molecule has 1 aliphatic heterocycles. The van der Waals surface area contributed by atoms with Crippen LogP contribution in [0.1, 0.15) is 18.4 Å². The van der Waals surface area contributed by atoms with Gasteiger partial charge in [-0.2, -0.15) is 0 Å². The number of hydrogen-bond acceptors (Lipinski definition) is 5. The van der Waals surface area contributed by atoms with E-state index in [0.29, 0.717) is 13.2 Å². The molecule has 25 heavy (non-hydrogen) atoms. The van der Waals surface area contributed by atoms with Gasteiger partial charge in [-0.05, 0) is 24.5 Å². The topological polar surface area (TPSA) is 63.7 Å². The molecular formula is C19H23N3O3. The Bertz CT molecular complexity index is 693. The zero-order chi connectivity index (χ0) is 17.5. The number of amides is 1. The lowest BCUT2D eigenvalue weighted by molar-refractivity contribution is 0.0936. The van der Waals surface area contributed by atoms with Gasteiger partial charge in [-0.3, -0.25) is 0 Å². The van der Waals surface area contributed by atoms with E-state index in [1.807, 2.05) is 36.4 Å². The Morgan fingerprint density at radius 1 is 1.32 bits per heavy atom. The van der Waals surface area contributed by atoms with Crippen LogP contribution in [-0.2, 0) is 11.3 Å². The third kappa shape index (κ3) is 4.62. The van der Waals surface area contributed by atoms with Crippen LogP contribution in [-0.4, -0.2) is 42.2 Å². The molecule has 132 valence electrons. The van der Waals surface area contributed by atoms with Gasteiger partial charge in [0.25, 0.3) is 0 Å². The molecule has 3 rings (SSSR count). The van der Waals surface area contributed by atoms with E-state index in [1.54, 1.807) is 24.3 Å². The minimum Gasteiger partial charge on any atom is -0.497 e. The Morgan fingerprint density at radius 2 is 2.16 bits per heavy atom. The standard InChI is InChI=1S/C19H23N3O3/c1-24-17-9-10-20-18(12-17)21-13-16-8-5-11-22(16)19(23)25-14-15-6-3-2-4-7-15/h2-4,6-7,9-10,12,16H,5,8,11,13-14H2,1H3,(H,20,21). The lowest BCUT2D eigenvalue weighted by atomic mass is 10.2. The van der Waals surface area contributed by atoms with Crippen LogP contribution in [0.3, 0.4) is 0 Å². The molecule has 1 unspecified atom stereocenters. The molecule has 1 fully saturated rings. The van der Waals surface area contributed by atoms with Crippen LogP contribution in [0.5, 0.6) is 5.75 Å². The first-order valence-electron chi connectivity index (χ1n) is 8.47. The van der Waals surface area contributed by atoms with E-state index < -0.39 is 0 Å². The number of nitrogens with zero attached hydrogens (tertiary/aromatic N) is 2. The van der Waals surface area contributed by atoms with Crippen molar-refractivity contribution in [1.29, 1.82) is 0 Å². The molecule has 1 aliphatic rings. The van der Waals surface area contributed by atoms with Gasteiger partial charge in [0.1, 0.15) is 18.2 Å². The first-order valence-corrected chi connectivity index (χ1v) is 8.47. The van der Waals surface area contributed by atoms with Crippen molar-refractivity contribution >= 4 is 11.9 Å². The monoisotopic (exact) mass is 341 g/mol. The second-order valence-electron chi connectivity index (χ2n) is 5.99. The normalized spacial score (nSPS) is 16.5. The van der Waals surface area contributed by atoms with Crippen molar-refractivity contribution in [1.82, 2.24) is 9.88 Å². The van der Waals surface area contributed by atoms with Crippen molar-refractivity contribution in [2.75, 3.05) is 25.5 Å². The molecule has 1 amide bonds. The number of nitrogens with one attached hydrogen (secondary N) is 1. The van der Waals surface area contributed by atoms with Gasteiger partial charge in [-0.25, -0.2) is 9.78 Å². The number of pyridine rings is 1. The molecule has 0 spiro atoms. The smallest absolute Gasteiger partial charge is 0.410 e. The Morgan fingerprint density at radius 3 is 2.96 bits per heavy atom. The predicted molar refractivity (Wildman–Crippen MR) is 95.6 cm³/mol.